The Hall–Kier alpha value is -3.50. The van der Waals surface area contributed by atoms with Crippen molar-refractivity contribution in [1.29, 1.82) is 0 Å². The first kappa shape index (κ1) is 28.0. The lowest BCUT2D eigenvalue weighted by Crippen LogP contribution is -2.38. The summed E-state index contributed by atoms with van der Waals surface area (Å²) in [5, 5.41) is 2.97. The average Bonchev–Trinajstić information content (AvgIpc) is 2.99. The van der Waals surface area contributed by atoms with Crippen LogP contribution in [0.3, 0.4) is 0 Å². The predicted molar refractivity (Wildman–Crippen MR) is 155 cm³/mol. The summed E-state index contributed by atoms with van der Waals surface area (Å²) in [5.41, 5.74) is 4.81. The van der Waals surface area contributed by atoms with Crippen molar-refractivity contribution in [2.24, 2.45) is 5.92 Å². The zero-order chi connectivity index (χ0) is 28.3. The molecule has 2 aliphatic rings. The number of sulfone groups is 1. The van der Waals surface area contributed by atoms with Crippen molar-refractivity contribution in [3.05, 3.63) is 77.1 Å². The zero-order valence-corrected chi connectivity index (χ0v) is 24.2. The van der Waals surface area contributed by atoms with Gasteiger partial charge in [0.15, 0.2) is 9.84 Å². The van der Waals surface area contributed by atoms with E-state index in [4.69, 9.17) is 14.7 Å². The lowest BCUT2D eigenvalue weighted by atomic mass is 9.82. The van der Waals surface area contributed by atoms with Crippen molar-refractivity contribution in [3.8, 4) is 0 Å². The SMILES string of the molecule is CCS(=O)(=O)c1ccc(CNC(=O)c2ccc3c(c2)CN(c2ncc(N4CCOCC4)cn2)CC3C(C)C)cc1. The molecule has 3 heterocycles. The van der Waals surface area contributed by atoms with E-state index in [0.29, 0.717) is 54.5 Å². The van der Waals surface area contributed by atoms with Crippen LogP contribution >= 0.6 is 0 Å². The highest BCUT2D eigenvalue weighted by Gasteiger charge is 2.29. The molecule has 2 aromatic carbocycles. The predicted octanol–water partition coefficient (Wildman–Crippen LogP) is 3.80. The Bertz CT molecular complexity index is 1440. The van der Waals surface area contributed by atoms with Crippen molar-refractivity contribution in [2.45, 2.75) is 44.7 Å². The molecule has 1 amide bonds. The highest BCUT2D eigenvalue weighted by Crippen LogP contribution is 2.35. The Morgan fingerprint density at radius 3 is 2.40 bits per heavy atom. The van der Waals surface area contributed by atoms with Crippen LogP contribution in [0.25, 0.3) is 0 Å². The average molecular weight is 564 g/mol. The molecule has 1 atom stereocenters. The van der Waals surface area contributed by atoms with Crippen LogP contribution in [0.15, 0.2) is 59.8 Å². The number of aromatic nitrogens is 2. The van der Waals surface area contributed by atoms with Gasteiger partial charge in [-0.15, -0.1) is 0 Å². The molecule has 0 saturated carbocycles. The Labute approximate surface area is 236 Å². The quantitative estimate of drug-likeness (QED) is 0.442. The smallest absolute Gasteiger partial charge is 0.251 e. The van der Waals surface area contributed by atoms with E-state index in [-0.39, 0.29) is 11.7 Å². The second kappa shape index (κ2) is 11.9. The molecule has 0 aliphatic carbocycles. The molecule has 1 unspecified atom stereocenters. The van der Waals surface area contributed by atoms with Gasteiger partial charge in [0.05, 0.1) is 41.9 Å². The van der Waals surface area contributed by atoms with Crippen molar-refractivity contribution in [1.82, 2.24) is 15.3 Å². The van der Waals surface area contributed by atoms with Gasteiger partial charge < -0.3 is 19.9 Å². The van der Waals surface area contributed by atoms with Crippen molar-refractivity contribution in [2.75, 3.05) is 48.4 Å². The molecule has 10 heteroatoms. The topological polar surface area (TPSA) is 105 Å². The minimum absolute atomic E-state index is 0.0579. The molecule has 3 aromatic rings. The highest BCUT2D eigenvalue weighted by molar-refractivity contribution is 7.91. The number of carbonyl (C=O) groups excluding carboxylic acids is 1. The van der Waals surface area contributed by atoms with Crippen molar-refractivity contribution < 1.29 is 17.9 Å². The number of amides is 1. The summed E-state index contributed by atoms with van der Waals surface area (Å²) in [7, 11) is -3.25. The molecule has 1 N–H and O–H groups in total. The third kappa shape index (κ3) is 6.13. The standard InChI is InChI=1S/C30H37N5O4S/c1-4-40(37,38)26-8-5-22(6-9-26)16-31-29(36)23-7-10-27-24(15-23)19-35(20-28(27)21(2)3)30-32-17-25(18-33-30)34-11-13-39-14-12-34/h5-10,15,17-18,21,28H,4,11-14,16,19-20H2,1-3H3,(H,31,36). The number of carbonyl (C=O) groups is 1. The number of anilines is 2. The maximum absolute atomic E-state index is 13.1. The molecule has 1 fully saturated rings. The highest BCUT2D eigenvalue weighted by atomic mass is 32.2. The van der Waals surface area contributed by atoms with Gasteiger partial charge in [0, 0.05) is 44.2 Å². The molecular formula is C30H37N5O4S. The third-order valence-corrected chi connectivity index (χ3v) is 9.54. The van der Waals surface area contributed by atoms with Gasteiger partial charge in [0.1, 0.15) is 0 Å². The molecule has 5 rings (SSSR count). The number of nitrogens with one attached hydrogen (secondary N) is 1. The van der Waals surface area contributed by atoms with E-state index < -0.39 is 9.84 Å². The van der Waals surface area contributed by atoms with Crippen molar-refractivity contribution in [3.63, 3.8) is 0 Å². The maximum atomic E-state index is 13.1. The molecule has 1 aromatic heterocycles. The van der Waals surface area contributed by atoms with Crippen LogP contribution in [0.1, 0.15) is 53.7 Å². The number of morpholine rings is 1. The van der Waals surface area contributed by atoms with E-state index >= 15 is 0 Å². The number of hydrogen-bond acceptors (Lipinski definition) is 8. The number of ether oxygens (including phenoxy) is 1. The molecule has 0 spiro atoms. The summed E-state index contributed by atoms with van der Waals surface area (Å²) in [5.74, 6) is 1.28. The summed E-state index contributed by atoms with van der Waals surface area (Å²) < 4.78 is 29.6. The first-order chi connectivity index (χ1) is 19.2. The van der Waals surface area contributed by atoms with Gasteiger partial charge in [-0.2, -0.15) is 0 Å². The fourth-order valence-electron chi connectivity index (χ4n) is 5.30. The lowest BCUT2D eigenvalue weighted by Gasteiger charge is -2.37. The van der Waals surface area contributed by atoms with Crippen LogP contribution in [-0.2, 0) is 27.7 Å². The van der Waals surface area contributed by atoms with Gasteiger partial charge in [-0.3, -0.25) is 4.79 Å². The van der Waals surface area contributed by atoms with Crippen LogP contribution in [-0.4, -0.2) is 62.9 Å². The first-order valence-corrected chi connectivity index (χ1v) is 15.5. The van der Waals surface area contributed by atoms with Crippen LogP contribution in [0.4, 0.5) is 11.6 Å². The third-order valence-electron chi connectivity index (χ3n) is 7.79. The minimum Gasteiger partial charge on any atom is -0.378 e. The molecule has 1 saturated heterocycles. The van der Waals surface area contributed by atoms with Gasteiger partial charge in [-0.05, 0) is 46.9 Å². The van der Waals surface area contributed by atoms with Crippen LogP contribution in [0.5, 0.6) is 0 Å². The molecule has 0 radical (unpaired) electrons. The molecule has 212 valence electrons. The number of rotatable bonds is 8. The zero-order valence-electron chi connectivity index (χ0n) is 23.3. The van der Waals surface area contributed by atoms with Gasteiger partial charge in [-0.1, -0.05) is 39.0 Å². The Balaban J connectivity index is 1.29. The fourth-order valence-corrected chi connectivity index (χ4v) is 6.19. The van der Waals surface area contributed by atoms with Crippen LogP contribution in [0.2, 0.25) is 0 Å². The summed E-state index contributed by atoms with van der Waals surface area (Å²) in [6.45, 7) is 10.9. The Kier molecular flexibility index (Phi) is 8.37. The number of fused-ring (bicyclic) bond motifs is 1. The van der Waals surface area contributed by atoms with Crippen LogP contribution in [0, 0.1) is 5.92 Å². The summed E-state index contributed by atoms with van der Waals surface area (Å²) in [6.07, 6.45) is 3.78. The normalized spacial score (nSPS) is 17.6. The molecule has 0 bridgehead atoms. The summed E-state index contributed by atoms with van der Waals surface area (Å²) in [6, 6.07) is 12.6. The lowest BCUT2D eigenvalue weighted by molar-refractivity contribution is 0.0950. The van der Waals surface area contributed by atoms with E-state index in [1.54, 1.807) is 31.2 Å². The Morgan fingerprint density at radius 2 is 1.75 bits per heavy atom. The maximum Gasteiger partial charge on any atom is 0.251 e. The van der Waals surface area contributed by atoms with Gasteiger partial charge in [0.2, 0.25) is 5.95 Å². The van der Waals surface area contributed by atoms with Crippen LogP contribution < -0.4 is 15.1 Å². The van der Waals surface area contributed by atoms with Gasteiger partial charge in [-0.25, -0.2) is 18.4 Å². The van der Waals surface area contributed by atoms with E-state index in [1.165, 1.54) is 5.56 Å². The van der Waals surface area contributed by atoms with Gasteiger partial charge in [0.25, 0.3) is 5.91 Å². The molecule has 9 nitrogen and oxygen atoms in total. The van der Waals surface area contributed by atoms with E-state index in [9.17, 15) is 13.2 Å². The second-order valence-corrected chi connectivity index (χ2v) is 13.0. The molecule has 40 heavy (non-hydrogen) atoms. The number of nitrogens with zero attached hydrogens (tertiary/aromatic N) is 4. The first-order valence-electron chi connectivity index (χ1n) is 13.9. The molecule has 2 aliphatic heterocycles. The minimum atomic E-state index is -3.25. The Morgan fingerprint density at radius 1 is 1.05 bits per heavy atom. The van der Waals surface area contributed by atoms with Gasteiger partial charge >= 0.3 is 0 Å². The monoisotopic (exact) mass is 563 g/mol. The second-order valence-electron chi connectivity index (χ2n) is 10.7. The number of benzene rings is 2. The van der Waals surface area contributed by atoms with Crippen molar-refractivity contribution >= 4 is 27.4 Å². The largest absolute Gasteiger partial charge is 0.378 e. The van der Waals surface area contributed by atoms with E-state index in [2.05, 4.69) is 35.0 Å². The van der Waals surface area contributed by atoms with E-state index in [1.807, 2.05) is 24.5 Å². The fraction of sp³-hybridized carbons (Fsp3) is 0.433. The summed E-state index contributed by atoms with van der Waals surface area (Å²) in [4.78, 5) is 27.2. The summed E-state index contributed by atoms with van der Waals surface area (Å²) >= 11 is 0. The number of hydrogen-bond donors (Lipinski definition) is 1. The molecular weight excluding hydrogens is 526 g/mol. The van der Waals surface area contributed by atoms with E-state index in [0.717, 1.165) is 36.4 Å².